The maximum atomic E-state index is 13.3. The van der Waals surface area contributed by atoms with Crippen LogP contribution in [0.4, 0.5) is 22.7 Å². The average molecular weight is 1400 g/mol. The second-order valence-electron chi connectivity index (χ2n) is 18.0. The van der Waals surface area contributed by atoms with Crippen LogP contribution in [0.15, 0.2) is 48.5 Å². The first-order valence-corrected chi connectivity index (χ1v) is 24.9. The fourth-order valence-corrected chi connectivity index (χ4v) is 8.77. The van der Waals surface area contributed by atoms with Crippen molar-refractivity contribution in [2.75, 3.05) is 178 Å². The van der Waals surface area contributed by atoms with E-state index in [2.05, 4.69) is 21.3 Å². The van der Waals surface area contributed by atoms with Crippen LogP contribution in [0, 0.1) is 79.9 Å². The summed E-state index contributed by atoms with van der Waals surface area (Å²) in [4.78, 5) is 109. The summed E-state index contributed by atoms with van der Waals surface area (Å²) in [5.74, 6) is -8.68. The first-order chi connectivity index (χ1) is 35.7. The van der Waals surface area contributed by atoms with Crippen molar-refractivity contribution in [1.29, 1.82) is 0 Å². The summed E-state index contributed by atoms with van der Waals surface area (Å²) in [5, 5.41) is 80.6. The maximum absolute atomic E-state index is 13.3. The fourth-order valence-electron chi connectivity index (χ4n) is 8.15. The molecule has 0 bridgehead atoms. The van der Waals surface area contributed by atoms with Gasteiger partial charge in [0, 0.05) is 173 Å². The standard InChI is InChI=1S/C47H68N12O14S2.2Gd/c60-38(26-52-9-13-54(28-42(62)63)17-21-58(32-46(70)71)22-18-55(14-10-52)29-43(64)65)48-34-1-5-36(6-2-34)50-40(74)25-41(75)51-37-7-3-35(4-8-37)49-39(61)27-53-11-15-56(30-44(66)67)19-23-59(33-47(72)73)24-20-57(16-12-53)31-45(68)69;;/h1-8H,9-33H2,(H,48,60)(H,49,61)(H,50,74)(H,51,75)(H,62,63)(H,64,65)(H,66,67)(H,68,69)(H,70,71)(H,72,73);;/q;2*+3/p-6. The molecular weight excluding hydrogens is 1340 g/mol. The normalized spacial score (nSPS) is 16.9. The molecule has 2 aliphatic rings. The zero-order valence-electron chi connectivity index (χ0n) is 42.1. The van der Waals surface area contributed by atoms with Gasteiger partial charge in [-0.05, 0) is 48.5 Å². The molecule has 2 aromatic carbocycles. The molecule has 0 spiro atoms. The predicted octanol–water partition coefficient (Wildman–Crippen LogP) is -8.92. The number of carboxylic acid groups (broad SMARTS) is 6. The number of carbonyl (C=O) groups excluding carboxylic acids is 8. The number of nitrogens with zero attached hydrogens (tertiary/aromatic N) is 8. The molecule has 4 N–H and O–H groups in total. The first-order valence-electron chi connectivity index (χ1n) is 24.0. The van der Waals surface area contributed by atoms with E-state index in [1.54, 1.807) is 87.7 Å². The summed E-state index contributed by atoms with van der Waals surface area (Å²) < 4.78 is 0. The minimum atomic E-state index is -1.32. The molecule has 2 fully saturated rings. The van der Waals surface area contributed by atoms with Crippen molar-refractivity contribution in [2.45, 2.75) is 6.42 Å². The Kier molecular flexibility index (Phi) is 33.6. The topological polar surface area (TPSA) is 349 Å². The SMILES string of the molecule is O=C([O-])CN1CCN(CC(=O)[O-])CCN(CC(=O)Nc2ccc(NC(=S)CC(=S)Nc3ccc(NC(=O)CN4CCN(CC(=O)[O-])CCN(CC(=O)[O-])CCN(CC(=O)[O-])CC4)cc3)cc2)CCN(CC(=O)[O-])CC1.[Gd+3].[Gd+3]. The summed E-state index contributed by atoms with van der Waals surface area (Å²) in [6.07, 6.45) is 0.172. The number of anilines is 4. The van der Waals surface area contributed by atoms with E-state index in [1.165, 1.54) is 0 Å². The van der Waals surface area contributed by atoms with Crippen LogP contribution in [-0.4, -0.2) is 254 Å². The molecule has 4 rings (SSSR count). The average Bonchev–Trinajstić information content (AvgIpc) is 3.30. The van der Waals surface area contributed by atoms with Crippen molar-refractivity contribution in [3.8, 4) is 0 Å². The van der Waals surface area contributed by atoms with Crippen LogP contribution in [0.5, 0.6) is 0 Å². The predicted molar refractivity (Wildman–Crippen MR) is 269 cm³/mol. The van der Waals surface area contributed by atoms with Gasteiger partial charge in [0.05, 0.1) is 58.9 Å². The van der Waals surface area contributed by atoms with Gasteiger partial charge in [-0.15, -0.1) is 0 Å². The van der Waals surface area contributed by atoms with Crippen LogP contribution < -0.4 is 51.9 Å². The molecule has 2 aliphatic heterocycles. The Morgan fingerprint density at radius 1 is 0.312 bits per heavy atom. The largest absolute Gasteiger partial charge is 3.00 e. The van der Waals surface area contributed by atoms with Crippen molar-refractivity contribution in [1.82, 2.24) is 39.2 Å². The Labute approximate surface area is 521 Å². The quantitative estimate of drug-likeness (QED) is 0.0796. The summed E-state index contributed by atoms with van der Waals surface area (Å²) in [6, 6.07) is 13.5. The number of nitrogens with one attached hydrogen (secondary N) is 4. The van der Waals surface area contributed by atoms with Gasteiger partial charge in [0.15, 0.2) is 0 Å². The Morgan fingerprint density at radius 2 is 0.468 bits per heavy atom. The third kappa shape index (κ3) is 30.5. The van der Waals surface area contributed by atoms with Crippen molar-refractivity contribution in [2.24, 2.45) is 0 Å². The van der Waals surface area contributed by atoms with Crippen molar-refractivity contribution >= 4 is 105 Å². The van der Waals surface area contributed by atoms with Gasteiger partial charge < -0.3 is 80.7 Å². The van der Waals surface area contributed by atoms with E-state index < -0.39 is 75.1 Å². The Balaban J connectivity index is 0.0000101. The molecule has 0 aromatic heterocycles. The van der Waals surface area contributed by atoms with Crippen LogP contribution in [-0.2, 0) is 38.4 Å². The Hall–Kier alpha value is -3.69. The van der Waals surface area contributed by atoms with Crippen LogP contribution >= 0.6 is 24.4 Å². The van der Waals surface area contributed by atoms with Crippen LogP contribution in [0.1, 0.15) is 6.42 Å². The summed E-state index contributed by atoms with van der Waals surface area (Å²) in [6.45, 7) is 0.445. The van der Waals surface area contributed by atoms with Crippen molar-refractivity contribution in [3.05, 3.63) is 48.5 Å². The van der Waals surface area contributed by atoms with E-state index in [9.17, 15) is 69.0 Å². The molecule has 2 radical (unpaired) electrons. The van der Waals surface area contributed by atoms with Gasteiger partial charge in [0.1, 0.15) is 0 Å². The van der Waals surface area contributed by atoms with E-state index in [4.69, 9.17) is 24.4 Å². The van der Waals surface area contributed by atoms with Gasteiger partial charge in [-0.1, -0.05) is 24.4 Å². The molecule has 77 heavy (non-hydrogen) atoms. The smallest absolute Gasteiger partial charge is 0.549 e. The molecule has 30 heteroatoms. The Morgan fingerprint density at radius 3 is 0.636 bits per heavy atom. The van der Waals surface area contributed by atoms with Gasteiger partial charge in [0.2, 0.25) is 11.8 Å². The number of benzene rings is 2. The van der Waals surface area contributed by atoms with Crippen LogP contribution in [0.3, 0.4) is 0 Å². The number of thiocarbonyl (C=S) groups is 2. The van der Waals surface area contributed by atoms with Gasteiger partial charge >= 0.3 is 79.9 Å². The molecule has 0 aliphatic carbocycles. The van der Waals surface area contributed by atoms with Gasteiger partial charge in [-0.3, -0.25) is 48.8 Å². The summed E-state index contributed by atoms with van der Waals surface area (Å²) in [7, 11) is 0. The summed E-state index contributed by atoms with van der Waals surface area (Å²) >= 11 is 11.1. The molecule has 0 saturated carbocycles. The van der Waals surface area contributed by atoms with E-state index in [1.807, 2.05) is 0 Å². The zero-order valence-corrected chi connectivity index (χ0v) is 48.3. The fraction of sp³-hybridized carbons (Fsp3) is 0.532. The van der Waals surface area contributed by atoms with E-state index in [0.29, 0.717) is 32.7 Å². The summed E-state index contributed by atoms with van der Waals surface area (Å²) in [5.41, 5.74) is 2.17. The zero-order chi connectivity index (χ0) is 54.9. The number of aliphatic carboxylic acids is 6. The molecule has 0 atom stereocenters. The number of hydrogen-bond donors (Lipinski definition) is 4. The Bertz CT molecular complexity index is 2080. The third-order valence-corrected chi connectivity index (χ3v) is 12.4. The number of amides is 2. The van der Waals surface area contributed by atoms with E-state index in [-0.39, 0.29) is 216 Å². The van der Waals surface area contributed by atoms with Crippen LogP contribution in [0.2, 0.25) is 0 Å². The van der Waals surface area contributed by atoms with E-state index in [0.717, 1.165) is 0 Å². The van der Waals surface area contributed by atoms with Crippen molar-refractivity contribution in [3.63, 3.8) is 0 Å². The molecule has 2 amide bonds. The van der Waals surface area contributed by atoms with E-state index >= 15 is 0 Å². The molecule has 2 aromatic rings. The molecule has 2 heterocycles. The minimum Gasteiger partial charge on any atom is -0.549 e. The molecule has 0 unspecified atom stereocenters. The van der Waals surface area contributed by atoms with Crippen molar-refractivity contribution < 1.29 is 149 Å². The third-order valence-electron chi connectivity index (χ3n) is 11.9. The second-order valence-corrected chi connectivity index (χ2v) is 19.0. The minimum absolute atomic E-state index is 0. The number of carboxylic acids is 6. The van der Waals surface area contributed by atoms with Crippen LogP contribution in [0.25, 0.3) is 0 Å². The number of carbonyl (C=O) groups is 8. The monoisotopic (exact) mass is 1400 g/mol. The molecule has 422 valence electrons. The first kappa shape index (κ1) is 69.4. The van der Waals surface area contributed by atoms with Gasteiger partial charge in [0.25, 0.3) is 0 Å². The van der Waals surface area contributed by atoms with Gasteiger partial charge in [-0.25, -0.2) is 0 Å². The maximum Gasteiger partial charge on any atom is 3.00 e. The number of hydrogen-bond acceptors (Lipinski definition) is 24. The number of rotatable bonds is 22. The second kappa shape index (κ2) is 37.3. The molecular formula is C47H62Gd2N12O14S2. The molecule has 26 nitrogen and oxygen atoms in total. The molecule has 2 saturated heterocycles. The van der Waals surface area contributed by atoms with Gasteiger partial charge in [-0.2, -0.15) is 0 Å².